The van der Waals surface area contributed by atoms with Gasteiger partial charge in [0.15, 0.2) is 11.0 Å². The lowest BCUT2D eigenvalue weighted by atomic mass is 10.1. The van der Waals surface area contributed by atoms with E-state index in [0.717, 1.165) is 40.8 Å². The molecule has 0 aliphatic carbocycles. The van der Waals surface area contributed by atoms with Crippen LogP contribution in [-0.2, 0) is 17.8 Å². The summed E-state index contributed by atoms with van der Waals surface area (Å²) in [6.45, 7) is 4.82. The van der Waals surface area contributed by atoms with Gasteiger partial charge < -0.3 is 9.47 Å². The van der Waals surface area contributed by atoms with Crippen LogP contribution in [0.5, 0.6) is 0 Å². The predicted octanol–water partition coefficient (Wildman–Crippen LogP) is 4.08. The number of amides is 1. The third-order valence-electron chi connectivity index (χ3n) is 4.80. The van der Waals surface area contributed by atoms with E-state index in [0.29, 0.717) is 10.8 Å². The molecule has 8 heteroatoms. The predicted molar refractivity (Wildman–Crippen MR) is 112 cm³/mol. The number of aromatic nitrogens is 4. The Balaban J connectivity index is 1.51. The van der Waals surface area contributed by atoms with E-state index in [1.165, 1.54) is 11.8 Å². The molecule has 1 aromatic carbocycles. The van der Waals surface area contributed by atoms with Crippen molar-refractivity contribution in [1.29, 1.82) is 0 Å². The molecular formula is C20H20ClN5OS. The van der Waals surface area contributed by atoms with Gasteiger partial charge in [0.2, 0.25) is 5.91 Å². The van der Waals surface area contributed by atoms with E-state index in [9.17, 15) is 4.79 Å². The first-order chi connectivity index (χ1) is 13.6. The first kappa shape index (κ1) is 19.0. The topological polar surface area (TPSA) is 63.9 Å². The Bertz CT molecular complexity index is 1010. The Morgan fingerprint density at radius 1 is 1.32 bits per heavy atom. The Labute approximate surface area is 172 Å². The summed E-state index contributed by atoms with van der Waals surface area (Å²) in [4.78, 5) is 19.0. The fraction of sp³-hybridized carbons (Fsp3) is 0.300. The molecule has 144 valence electrons. The van der Waals surface area contributed by atoms with E-state index in [-0.39, 0.29) is 11.9 Å². The Kier molecular flexibility index (Phi) is 5.37. The monoisotopic (exact) mass is 413 g/mol. The highest BCUT2D eigenvalue weighted by Gasteiger charge is 2.31. The number of halogens is 1. The van der Waals surface area contributed by atoms with Crippen LogP contribution < -0.4 is 4.90 Å². The average Bonchev–Trinajstić information content (AvgIpc) is 3.26. The van der Waals surface area contributed by atoms with Gasteiger partial charge in [0.05, 0.1) is 5.75 Å². The fourth-order valence-corrected chi connectivity index (χ4v) is 4.62. The molecule has 3 heterocycles. The fourth-order valence-electron chi connectivity index (χ4n) is 3.56. The zero-order valence-electron chi connectivity index (χ0n) is 15.7. The second kappa shape index (κ2) is 7.93. The van der Waals surface area contributed by atoms with Crippen molar-refractivity contribution in [3.8, 4) is 11.4 Å². The van der Waals surface area contributed by atoms with Crippen molar-refractivity contribution >= 4 is 35.0 Å². The van der Waals surface area contributed by atoms with Gasteiger partial charge in [-0.25, -0.2) is 0 Å². The summed E-state index contributed by atoms with van der Waals surface area (Å²) in [7, 11) is 0. The van der Waals surface area contributed by atoms with E-state index >= 15 is 0 Å². The lowest BCUT2D eigenvalue weighted by Crippen LogP contribution is -2.37. The summed E-state index contributed by atoms with van der Waals surface area (Å²) in [5.41, 5.74) is 2.98. The molecule has 1 unspecified atom stereocenters. The standard InChI is InChI=1S/C20H20ClN5OS/c1-3-25-19(14-5-4-8-22-11-14)23-24-20(25)28-12-18(27)26-13(2)9-15-10-16(21)6-7-17(15)26/h4-8,10-11,13H,3,9,12H2,1-2H3. The zero-order valence-corrected chi connectivity index (χ0v) is 17.2. The lowest BCUT2D eigenvalue weighted by molar-refractivity contribution is -0.116. The largest absolute Gasteiger partial charge is 0.308 e. The molecule has 0 radical (unpaired) electrons. The second-order valence-corrected chi connectivity index (χ2v) is 8.05. The summed E-state index contributed by atoms with van der Waals surface area (Å²) in [6, 6.07) is 9.66. The van der Waals surface area contributed by atoms with Crippen molar-refractivity contribution in [1.82, 2.24) is 19.7 Å². The molecule has 0 fully saturated rings. The summed E-state index contributed by atoms with van der Waals surface area (Å²) in [5.74, 6) is 1.13. The lowest BCUT2D eigenvalue weighted by Gasteiger charge is -2.22. The van der Waals surface area contributed by atoms with Crippen LogP contribution in [-0.4, -0.2) is 37.5 Å². The first-order valence-corrected chi connectivity index (χ1v) is 10.5. The van der Waals surface area contributed by atoms with Gasteiger partial charge in [-0.3, -0.25) is 9.78 Å². The summed E-state index contributed by atoms with van der Waals surface area (Å²) < 4.78 is 2.01. The number of nitrogens with zero attached hydrogens (tertiary/aromatic N) is 5. The van der Waals surface area contributed by atoms with Gasteiger partial charge in [-0.1, -0.05) is 23.4 Å². The molecular weight excluding hydrogens is 394 g/mol. The number of pyridine rings is 1. The smallest absolute Gasteiger partial charge is 0.237 e. The summed E-state index contributed by atoms with van der Waals surface area (Å²) >= 11 is 7.51. The molecule has 3 aromatic rings. The third-order valence-corrected chi connectivity index (χ3v) is 5.99. The Morgan fingerprint density at radius 3 is 2.93 bits per heavy atom. The quantitative estimate of drug-likeness (QED) is 0.589. The highest BCUT2D eigenvalue weighted by atomic mass is 35.5. The second-order valence-electron chi connectivity index (χ2n) is 6.67. The normalized spacial score (nSPS) is 15.7. The van der Waals surface area contributed by atoms with Gasteiger partial charge in [0, 0.05) is 41.3 Å². The van der Waals surface area contributed by atoms with Crippen molar-refractivity contribution in [2.45, 2.75) is 38.0 Å². The van der Waals surface area contributed by atoms with Gasteiger partial charge in [0.1, 0.15) is 0 Å². The maximum absolute atomic E-state index is 13.0. The van der Waals surface area contributed by atoms with Crippen LogP contribution in [0.25, 0.3) is 11.4 Å². The number of benzene rings is 1. The van der Waals surface area contributed by atoms with Crippen LogP contribution in [0.3, 0.4) is 0 Å². The SMILES string of the molecule is CCn1c(SCC(=O)N2c3ccc(Cl)cc3CC2C)nnc1-c1cccnc1. The molecule has 1 amide bonds. The maximum Gasteiger partial charge on any atom is 0.237 e. The Morgan fingerprint density at radius 2 is 2.18 bits per heavy atom. The van der Waals surface area contributed by atoms with Gasteiger partial charge in [-0.15, -0.1) is 10.2 Å². The van der Waals surface area contributed by atoms with Crippen molar-refractivity contribution in [3.05, 3.63) is 53.3 Å². The van der Waals surface area contributed by atoms with Gasteiger partial charge in [0.25, 0.3) is 0 Å². The van der Waals surface area contributed by atoms with E-state index in [1.54, 1.807) is 12.4 Å². The van der Waals surface area contributed by atoms with E-state index in [1.807, 2.05) is 46.7 Å². The minimum Gasteiger partial charge on any atom is -0.308 e. The number of rotatable bonds is 5. The van der Waals surface area contributed by atoms with Gasteiger partial charge in [-0.05, 0) is 56.2 Å². The average molecular weight is 414 g/mol. The highest BCUT2D eigenvalue weighted by Crippen LogP contribution is 2.35. The molecule has 28 heavy (non-hydrogen) atoms. The minimum absolute atomic E-state index is 0.0622. The molecule has 0 saturated carbocycles. The first-order valence-electron chi connectivity index (χ1n) is 9.15. The number of carbonyl (C=O) groups is 1. The molecule has 1 aliphatic rings. The van der Waals surface area contributed by atoms with Gasteiger partial charge in [-0.2, -0.15) is 0 Å². The van der Waals surface area contributed by atoms with Crippen molar-refractivity contribution in [2.75, 3.05) is 10.7 Å². The van der Waals surface area contributed by atoms with Crippen LogP contribution in [0.1, 0.15) is 19.4 Å². The van der Waals surface area contributed by atoms with E-state index in [4.69, 9.17) is 11.6 Å². The molecule has 1 atom stereocenters. The van der Waals surface area contributed by atoms with E-state index in [2.05, 4.69) is 22.1 Å². The van der Waals surface area contributed by atoms with Crippen LogP contribution in [0.4, 0.5) is 5.69 Å². The zero-order chi connectivity index (χ0) is 19.7. The van der Waals surface area contributed by atoms with Crippen LogP contribution >= 0.6 is 23.4 Å². The van der Waals surface area contributed by atoms with Crippen LogP contribution in [0, 0.1) is 0 Å². The molecule has 6 nitrogen and oxygen atoms in total. The number of thioether (sulfide) groups is 1. The number of anilines is 1. The molecule has 0 spiro atoms. The van der Waals surface area contributed by atoms with Crippen LogP contribution in [0.15, 0.2) is 47.9 Å². The van der Waals surface area contributed by atoms with Crippen molar-refractivity contribution < 1.29 is 4.79 Å². The molecule has 0 N–H and O–H groups in total. The molecule has 1 aliphatic heterocycles. The number of hydrogen-bond acceptors (Lipinski definition) is 5. The highest BCUT2D eigenvalue weighted by molar-refractivity contribution is 7.99. The van der Waals surface area contributed by atoms with Crippen LogP contribution in [0.2, 0.25) is 5.02 Å². The third kappa shape index (κ3) is 3.52. The number of fused-ring (bicyclic) bond motifs is 1. The molecule has 2 aromatic heterocycles. The molecule has 0 saturated heterocycles. The minimum atomic E-state index is 0.0622. The summed E-state index contributed by atoms with van der Waals surface area (Å²) in [6.07, 6.45) is 4.32. The number of carbonyl (C=O) groups excluding carboxylic acids is 1. The van der Waals surface area contributed by atoms with Crippen molar-refractivity contribution in [3.63, 3.8) is 0 Å². The molecule has 0 bridgehead atoms. The number of hydrogen-bond donors (Lipinski definition) is 0. The Hall–Kier alpha value is -2.38. The van der Waals surface area contributed by atoms with Crippen molar-refractivity contribution in [2.24, 2.45) is 0 Å². The molecule has 4 rings (SSSR count). The van der Waals surface area contributed by atoms with E-state index < -0.39 is 0 Å². The maximum atomic E-state index is 13.0. The summed E-state index contributed by atoms with van der Waals surface area (Å²) in [5, 5.41) is 10.0. The van der Waals surface area contributed by atoms with Gasteiger partial charge >= 0.3 is 0 Å².